The average molecular weight is 390 g/mol. The second-order valence-corrected chi connectivity index (χ2v) is 5.72. The zero-order chi connectivity index (χ0) is 15.4. The molecule has 0 N–H and O–H groups in total. The van der Waals surface area contributed by atoms with Gasteiger partial charge in [-0.25, -0.2) is 0 Å². The Balaban J connectivity index is 4.08. The van der Waals surface area contributed by atoms with Crippen LogP contribution < -0.4 is 0 Å². The molecule has 0 amide bonds. The number of hydrogen-bond donors (Lipinski definition) is 0. The van der Waals surface area contributed by atoms with E-state index in [0.717, 1.165) is 37.7 Å². The number of esters is 1. The van der Waals surface area contributed by atoms with Crippen molar-refractivity contribution in [1.29, 1.82) is 0 Å². The third kappa shape index (κ3) is 8.56. The topological polar surface area (TPSA) is 26.3 Å². The van der Waals surface area contributed by atoms with Crippen LogP contribution in [0.4, 0.5) is 0 Å². The van der Waals surface area contributed by atoms with Crippen molar-refractivity contribution < 1.29 is 9.53 Å². The van der Waals surface area contributed by atoms with E-state index >= 15 is 0 Å². The van der Waals surface area contributed by atoms with Crippen molar-refractivity contribution in [2.45, 2.75) is 58.5 Å². The molecule has 0 heterocycles. The summed E-state index contributed by atoms with van der Waals surface area (Å²) in [6.45, 7) is 11.5. The number of carbonyl (C=O) groups is 1. The number of unbranched alkanes of at least 4 members (excludes halogenated alkanes) is 4. The highest BCUT2D eigenvalue weighted by Crippen LogP contribution is 2.20. The first-order chi connectivity index (χ1) is 9.56. The highest BCUT2D eigenvalue weighted by atomic mass is 127. The van der Waals surface area contributed by atoms with Crippen molar-refractivity contribution in [1.82, 2.24) is 0 Å². The summed E-state index contributed by atoms with van der Waals surface area (Å²) in [7, 11) is 0. The molecule has 0 radical (unpaired) electrons. The summed E-state index contributed by atoms with van der Waals surface area (Å²) in [6.07, 6.45) is 9.43. The van der Waals surface area contributed by atoms with Gasteiger partial charge < -0.3 is 4.74 Å². The maximum absolute atomic E-state index is 11.9. The minimum absolute atomic E-state index is 0.106. The van der Waals surface area contributed by atoms with Crippen LogP contribution in [0.3, 0.4) is 0 Å². The molecule has 2 atom stereocenters. The second kappa shape index (κ2) is 12.2. The Morgan fingerprint density at radius 3 is 2.45 bits per heavy atom. The van der Waals surface area contributed by atoms with Crippen molar-refractivity contribution in [3.05, 3.63) is 35.0 Å². The van der Waals surface area contributed by atoms with Crippen LogP contribution in [0.25, 0.3) is 0 Å². The number of ether oxygens (including phenoxy) is 1. The molecule has 0 aromatic carbocycles. The molecular weight excluding hydrogens is 363 g/mol. The van der Waals surface area contributed by atoms with E-state index in [4.69, 9.17) is 4.74 Å². The lowest BCUT2D eigenvalue weighted by Crippen LogP contribution is -2.25. The molecule has 0 aromatic heterocycles. The molecule has 0 bridgehead atoms. The van der Waals surface area contributed by atoms with Gasteiger partial charge in [-0.2, -0.15) is 0 Å². The van der Waals surface area contributed by atoms with Crippen LogP contribution >= 0.6 is 22.6 Å². The lowest BCUT2D eigenvalue weighted by molar-refractivity contribution is -0.148. The molecule has 0 spiro atoms. The van der Waals surface area contributed by atoms with Gasteiger partial charge in [-0.3, -0.25) is 4.79 Å². The van der Waals surface area contributed by atoms with E-state index in [2.05, 4.69) is 35.7 Å². The third-order valence-electron chi connectivity index (χ3n) is 3.27. The Morgan fingerprint density at radius 1 is 1.25 bits per heavy atom. The zero-order valence-electron chi connectivity index (χ0n) is 12.7. The summed E-state index contributed by atoms with van der Waals surface area (Å²) in [4.78, 5) is 11.9. The van der Waals surface area contributed by atoms with Crippen molar-refractivity contribution in [3.63, 3.8) is 0 Å². The Labute approximate surface area is 137 Å². The molecule has 0 saturated carbocycles. The molecule has 0 saturated heterocycles. The minimum atomic E-state index is -0.183. The van der Waals surface area contributed by atoms with E-state index in [0.29, 0.717) is 6.42 Å². The Morgan fingerprint density at radius 2 is 1.90 bits per heavy atom. The van der Waals surface area contributed by atoms with Gasteiger partial charge in [0, 0.05) is 12.3 Å². The molecular formula is C17H27IO2. The zero-order valence-corrected chi connectivity index (χ0v) is 14.9. The predicted molar refractivity (Wildman–Crippen MR) is 94.9 cm³/mol. The van der Waals surface area contributed by atoms with Gasteiger partial charge in [-0.05, 0) is 35.8 Å². The Kier molecular flexibility index (Phi) is 11.8. The second-order valence-electron chi connectivity index (χ2n) is 5.10. The predicted octanol–water partition coefficient (Wildman–Crippen LogP) is 5.59. The van der Waals surface area contributed by atoms with Crippen molar-refractivity contribution in [2.75, 3.05) is 0 Å². The summed E-state index contributed by atoms with van der Waals surface area (Å²) in [6, 6.07) is 0. The molecule has 0 rings (SSSR count). The van der Waals surface area contributed by atoms with Crippen LogP contribution in [0.15, 0.2) is 35.0 Å². The van der Waals surface area contributed by atoms with Gasteiger partial charge in [-0.15, -0.1) is 13.2 Å². The van der Waals surface area contributed by atoms with Crippen molar-refractivity contribution >= 4 is 28.6 Å². The highest BCUT2D eigenvalue weighted by Gasteiger charge is 2.20. The van der Waals surface area contributed by atoms with Crippen molar-refractivity contribution in [3.8, 4) is 0 Å². The minimum Gasteiger partial charge on any atom is -0.457 e. The molecule has 0 aliphatic heterocycles. The van der Waals surface area contributed by atoms with Crippen LogP contribution in [0, 0.1) is 5.92 Å². The maximum atomic E-state index is 11.9. The normalized spacial score (nSPS) is 14.4. The highest BCUT2D eigenvalue weighted by molar-refractivity contribution is 14.1. The van der Waals surface area contributed by atoms with E-state index in [1.807, 2.05) is 30.1 Å². The Bertz CT molecular complexity index is 334. The lowest BCUT2D eigenvalue weighted by atomic mass is 9.99. The molecule has 20 heavy (non-hydrogen) atoms. The van der Waals surface area contributed by atoms with Gasteiger partial charge in [0.25, 0.3) is 0 Å². The molecule has 3 heteroatoms. The molecule has 2 nitrogen and oxygen atoms in total. The monoisotopic (exact) mass is 390 g/mol. The summed E-state index contributed by atoms with van der Waals surface area (Å²) in [5, 5.41) is 0. The van der Waals surface area contributed by atoms with Gasteiger partial charge >= 0.3 is 5.97 Å². The van der Waals surface area contributed by atoms with E-state index in [-0.39, 0.29) is 18.0 Å². The fourth-order valence-electron chi connectivity index (χ4n) is 1.91. The van der Waals surface area contributed by atoms with Gasteiger partial charge in [0.05, 0.1) is 0 Å². The van der Waals surface area contributed by atoms with Gasteiger partial charge in [-0.1, -0.05) is 54.5 Å². The van der Waals surface area contributed by atoms with E-state index < -0.39 is 0 Å². The smallest absolute Gasteiger partial charge is 0.306 e. The molecule has 0 fully saturated rings. The maximum Gasteiger partial charge on any atom is 0.306 e. The van der Waals surface area contributed by atoms with E-state index in [1.54, 1.807) is 0 Å². The summed E-state index contributed by atoms with van der Waals surface area (Å²) in [5.74, 6) is 0.0302. The molecule has 114 valence electrons. The van der Waals surface area contributed by atoms with Gasteiger partial charge in [0.15, 0.2) is 0 Å². The number of rotatable bonds is 11. The van der Waals surface area contributed by atoms with Crippen LogP contribution in [0.1, 0.15) is 52.4 Å². The SMILES string of the molecule is C=CCCCCCCC(=O)O[C@H](/C(C)=C/I)[C@@H](C)C=C. The first-order valence-corrected chi connectivity index (χ1v) is 8.51. The number of hydrogen-bond acceptors (Lipinski definition) is 2. The van der Waals surface area contributed by atoms with E-state index in [9.17, 15) is 4.79 Å². The third-order valence-corrected chi connectivity index (χ3v) is 4.25. The first kappa shape index (κ1) is 19.4. The first-order valence-electron chi connectivity index (χ1n) is 7.26. The van der Waals surface area contributed by atoms with Crippen LogP contribution in [-0.2, 0) is 9.53 Å². The largest absolute Gasteiger partial charge is 0.457 e. The fraction of sp³-hybridized carbons (Fsp3) is 0.588. The Hall–Kier alpha value is -0.580. The van der Waals surface area contributed by atoms with Crippen LogP contribution in [0.5, 0.6) is 0 Å². The quantitative estimate of drug-likeness (QED) is 0.199. The summed E-state index contributed by atoms with van der Waals surface area (Å²) < 4.78 is 7.55. The van der Waals surface area contributed by atoms with Gasteiger partial charge in [0.1, 0.15) is 6.10 Å². The molecule has 0 aromatic rings. The molecule has 0 unspecified atom stereocenters. The van der Waals surface area contributed by atoms with Gasteiger partial charge in [0.2, 0.25) is 0 Å². The van der Waals surface area contributed by atoms with Crippen LogP contribution in [0.2, 0.25) is 0 Å². The standard InChI is InChI=1S/C17H27IO2/c1-5-7-8-9-10-11-12-16(19)20-17(14(3)6-2)15(4)13-18/h5-6,13-14,17H,1-2,7-12H2,3-4H3/b15-13+/t14-,17-/m0/s1. The summed E-state index contributed by atoms with van der Waals surface area (Å²) >= 11 is 2.18. The number of carbonyl (C=O) groups excluding carboxylic acids is 1. The molecule has 0 aliphatic rings. The summed E-state index contributed by atoms with van der Waals surface area (Å²) in [5.41, 5.74) is 1.07. The van der Waals surface area contributed by atoms with E-state index in [1.165, 1.54) is 0 Å². The molecule has 0 aliphatic carbocycles. The van der Waals surface area contributed by atoms with Crippen LogP contribution in [-0.4, -0.2) is 12.1 Å². The average Bonchev–Trinajstić information content (AvgIpc) is 2.46. The fourth-order valence-corrected chi connectivity index (χ4v) is 2.27. The number of halogens is 1. The number of allylic oxidation sites excluding steroid dienone is 1. The van der Waals surface area contributed by atoms with Crippen molar-refractivity contribution in [2.24, 2.45) is 5.92 Å². The lowest BCUT2D eigenvalue weighted by Gasteiger charge is -2.22.